The molecule has 14 heteroatoms. The summed E-state index contributed by atoms with van der Waals surface area (Å²) in [5, 5.41) is 16.8. The highest BCUT2D eigenvalue weighted by molar-refractivity contribution is 7.86. The lowest BCUT2D eigenvalue weighted by molar-refractivity contribution is -0.792. The largest absolute Gasteiger partial charge is 0.497 e. The third-order valence-electron chi connectivity index (χ3n) is 8.87. The van der Waals surface area contributed by atoms with Crippen molar-refractivity contribution in [2.45, 2.75) is 35.3 Å². The van der Waals surface area contributed by atoms with E-state index in [-0.39, 0.29) is 18.1 Å². The molecule has 5 unspecified atom stereocenters. The van der Waals surface area contributed by atoms with Gasteiger partial charge in [0.15, 0.2) is 16.4 Å². The van der Waals surface area contributed by atoms with E-state index < -0.39 is 60.9 Å². The number of piperazine rings is 1. The van der Waals surface area contributed by atoms with Crippen LogP contribution in [0.3, 0.4) is 0 Å². The van der Waals surface area contributed by atoms with Crippen molar-refractivity contribution in [3.05, 3.63) is 102 Å². The van der Waals surface area contributed by atoms with Gasteiger partial charge < -0.3 is 34.3 Å². The zero-order valence-corrected chi connectivity index (χ0v) is 27.9. The van der Waals surface area contributed by atoms with Crippen LogP contribution in [0, 0.1) is 0 Å². The fraction of sp³-hybridized carbons (Fsp3) is 0.265. The number of amides is 2. The zero-order chi connectivity index (χ0) is 34.2. The van der Waals surface area contributed by atoms with Gasteiger partial charge in [0, 0.05) is 23.5 Å². The number of quaternary nitrogens is 1. The van der Waals surface area contributed by atoms with E-state index in [1.165, 1.54) is 32.4 Å². The van der Waals surface area contributed by atoms with E-state index >= 15 is 8.42 Å². The van der Waals surface area contributed by atoms with E-state index in [2.05, 4.69) is 10.3 Å². The number of carbonyl (C=O) groups excluding carboxylic acids is 2. The number of methoxy groups -OCH3 is 2. The first-order valence-corrected chi connectivity index (χ1v) is 17.0. The molecule has 3 heterocycles. The molecule has 0 saturated carbocycles. The van der Waals surface area contributed by atoms with Crippen molar-refractivity contribution in [2.24, 2.45) is 0 Å². The Morgan fingerprint density at radius 2 is 1.75 bits per heavy atom. The van der Waals surface area contributed by atoms with Crippen molar-refractivity contribution >= 4 is 45.0 Å². The van der Waals surface area contributed by atoms with E-state index in [0.717, 1.165) is 0 Å². The molecular weight excluding hydrogens is 660 g/mol. The Hall–Kier alpha value is -4.85. The molecule has 1 aromatic heterocycles. The smallest absolute Gasteiger partial charge is 0.337 e. The molecule has 6 rings (SSSR count). The van der Waals surface area contributed by atoms with E-state index in [4.69, 9.17) is 25.8 Å². The molecular formula is C34H33ClN4O8S. The van der Waals surface area contributed by atoms with Crippen molar-refractivity contribution in [2.75, 3.05) is 37.6 Å². The second kappa shape index (κ2) is 13.0. The van der Waals surface area contributed by atoms with E-state index in [0.29, 0.717) is 28.3 Å². The number of alkyl halides is 1. The standard InChI is InChI=1S/C34H33ClN4O8S/c1-4-47-26-14-8-6-12-24(26)31-32(30-23-11-5-7-13-25(23)37-33(30)40)39(34(41)42,20-29(35)38(31)21-10-9-17-36-19-21)48(43,44)28-16-15-22(45-2)18-27(28)46-3/h5-19,29-32H,4,20H2,1-3H3,(H-,37,40,41,42). The van der Waals surface area contributed by atoms with Gasteiger partial charge in [0.1, 0.15) is 35.8 Å². The van der Waals surface area contributed by atoms with Crippen LogP contribution in [0.2, 0.25) is 0 Å². The Morgan fingerprint density at radius 3 is 2.42 bits per heavy atom. The van der Waals surface area contributed by atoms with Gasteiger partial charge in [-0.25, -0.2) is 0 Å². The number of hydrogen-bond donors (Lipinski definition) is 1. The quantitative estimate of drug-likeness (QED) is 0.153. The molecule has 0 bridgehead atoms. The number of hydrogen-bond acceptors (Lipinski definition) is 10. The number of carboxylic acid groups (broad SMARTS) is 1. The van der Waals surface area contributed by atoms with Crippen molar-refractivity contribution in [3.63, 3.8) is 0 Å². The van der Waals surface area contributed by atoms with Crippen LogP contribution in [0.15, 0.2) is 96.2 Å². The molecule has 12 nitrogen and oxygen atoms in total. The minimum Gasteiger partial charge on any atom is -0.497 e. The van der Waals surface area contributed by atoms with E-state index in [9.17, 15) is 14.7 Å². The number of rotatable bonds is 9. The average Bonchev–Trinajstić information content (AvgIpc) is 3.43. The SMILES string of the molecule is CCOc1ccccc1C1C(C2C(=O)Nc3ccccc32)[N+](C(=O)[O-])(S(=O)(=O)c2ccc(OC)cc2OC)CC(Cl)N1c1cccnc1. The highest BCUT2D eigenvalue weighted by Crippen LogP contribution is 2.54. The van der Waals surface area contributed by atoms with Crippen LogP contribution in [0.4, 0.5) is 16.2 Å². The minimum absolute atomic E-state index is 0.157. The molecule has 4 aromatic rings. The van der Waals surface area contributed by atoms with Gasteiger partial charge in [-0.05, 0) is 48.9 Å². The van der Waals surface area contributed by atoms with E-state index in [1.54, 1.807) is 84.9 Å². The fourth-order valence-electron chi connectivity index (χ4n) is 6.89. The van der Waals surface area contributed by atoms with Crippen LogP contribution in [0.1, 0.15) is 30.0 Å². The third kappa shape index (κ3) is 5.18. The number of carbonyl (C=O) groups is 2. The number of nitrogens with zero attached hydrogens (tertiary/aromatic N) is 3. The number of nitrogens with one attached hydrogen (secondary N) is 1. The van der Waals surface area contributed by atoms with Crippen LogP contribution < -0.4 is 29.5 Å². The topological polar surface area (TPSA) is 147 Å². The number of pyridine rings is 1. The van der Waals surface area contributed by atoms with Gasteiger partial charge in [0.05, 0.1) is 32.7 Å². The van der Waals surface area contributed by atoms with E-state index in [1.807, 2.05) is 0 Å². The first kappa shape index (κ1) is 33.1. The molecule has 5 atom stereocenters. The molecule has 2 amide bonds. The summed E-state index contributed by atoms with van der Waals surface area (Å²) in [6.45, 7) is 1.32. The maximum atomic E-state index is 15.3. The second-order valence-electron chi connectivity index (χ2n) is 11.2. The summed E-state index contributed by atoms with van der Waals surface area (Å²) in [5.74, 6) is -1.42. The highest BCUT2D eigenvalue weighted by atomic mass is 35.5. The minimum atomic E-state index is -5.06. The first-order valence-electron chi connectivity index (χ1n) is 15.1. The molecule has 0 aliphatic carbocycles. The molecule has 1 N–H and O–H groups in total. The number of para-hydroxylation sites is 2. The molecule has 250 valence electrons. The summed E-state index contributed by atoms with van der Waals surface area (Å²) in [6, 6.07) is 18.2. The number of anilines is 2. The van der Waals surface area contributed by atoms with Gasteiger partial charge in [-0.15, -0.1) is 0 Å². The summed E-state index contributed by atoms with van der Waals surface area (Å²) < 4.78 is 45.6. The lowest BCUT2D eigenvalue weighted by Gasteiger charge is -2.55. The number of ether oxygens (including phenoxy) is 3. The molecule has 0 radical (unpaired) electrons. The lowest BCUT2D eigenvalue weighted by Crippen LogP contribution is -2.76. The van der Waals surface area contributed by atoms with Crippen molar-refractivity contribution < 1.29 is 41.2 Å². The summed E-state index contributed by atoms with van der Waals surface area (Å²) in [5.41, 5.74) is 0.464. The Bertz CT molecular complexity index is 1960. The van der Waals surface area contributed by atoms with Gasteiger partial charge in [0.2, 0.25) is 5.91 Å². The van der Waals surface area contributed by atoms with Crippen molar-refractivity contribution in [3.8, 4) is 17.2 Å². The van der Waals surface area contributed by atoms with Crippen molar-refractivity contribution in [1.29, 1.82) is 0 Å². The number of aromatic nitrogens is 1. The molecule has 2 aliphatic rings. The zero-order valence-electron chi connectivity index (χ0n) is 26.3. The Labute approximate surface area is 283 Å². The summed E-state index contributed by atoms with van der Waals surface area (Å²) in [6.07, 6.45) is 1.15. The fourth-order valence-corrected chi connectivity index (χ4v) is 9.50. The number of fused-ring (bicyclic) bond motifs is 1. The van der Waals surface area contributed by atoms with Crippen LogP contribution >= 0.6 is 11.6 Å². The van der Waals surface area contributed by atoms with Gasteiger partial charge >= 0.3 is 10.0 Å². The van der Waals surface area contributed by atoms with Gasteiger partial charge in [-0.1, -0.05) is 48.0 Å². The maximum absolute atomic E-state index is 15.3. The maximum Gasteiger partial charge on any atom is 0.337 e. The molecule has 48 heavy (non-hydrogen) atoms. The summed E-state index contributed by atoms with van der Waals surface area (Å²) in [4.78, 5) is 33.6. The predicted molar refractivity (Wildman–Crippen MR) is 176 cm³/mol. The number of halogens is 1. The Kier molecular flexibility index (Phi) is 8.94. The first-order chi connectivity index (χ1) is 23.1. The molecule has 1 fully saturated rings. The molecule has 0 spiro atoms. The third-order valence-corrected chi connectivity index (χ3v) is 11.5. The van der Waals surface area contributed by atoms with Crippen LogP contribution in [-0.4, -0.2) is 68.2 Å². The van der Waals surface area contributed by atoms with Crippen LogP contribution in [0.5, 0.6) is 17.2 Å². The second-order valence-corrected chi connectivity index (χ2v) is 13.8. The number of benzene rings is 3. The summed E-state index contributed by atoms with van der Waals surface area (Å²) >= 11 is 7.18. The highest BCUT2D eigenvalue weighted by Gasteiger charge is 2.67. The van der Waals surface area contributed by atoms with Gasteiger partial charge in [0.25, 0.3) is 6.09 Å². The van der Waals surface area contributed by atoms with Gasteiger partial charge in [-0.3, -0.25) is 9.78 Å². The van der Waals surface area contributed by atoms with Crippen LogP contribution in [-0.2, 0) is 14.8 Å². The molecule has 1 saturated heterocycles. The van der Waals surface area contributed by atoms with Crippen LogP contribution in [0.25, 0.3) is 0 Å². The lowest BCUT2D eigenvalue weighted by atomic mass is 9.81. The summed E-state index contributed by atoms with van der Waals surface area (Å²) in [7, 11) is -2.39. The van der Waals surface area contributed by atoms with Gasteiger partial charge in [-0.2, -0.15) is 12.3 Å². The Morgan fingerprint density at radius 1 is 1.02 bits per heavy atom. The molecule has 2 aliphatic heterocycles. The molecule has 3 aromatic carbocycles. The monoisotopic (exact) mass is 692 g/mol. The Balaban J connectivity index is 1.74. The predicted octanol–water partition coefficient (Wildman–Crippen LogP) is 4.28. The average molecular weight is 693 g/mol. The number of sulfonamides is 1. The van der Waals surface area contributed by atoms with Crippen molar-refractivity contribution in [1.82, 2.24) is 4.98 Å². The normalized spacial score (nSPS) is 23.6.